The van der Waals surface area contributed by atoms with Gasteiger partial charge in [-0.3, -0.25) is 4.57 Å². The molecule has 0 radical (unpaired) electrons. The van der Waals surface area contributed by atoms with Crippen molar-refractivity contribution in [2.45, 2.75) is 81.1 Å². The molecule has 0 spiro atoms. The van der Waals surface area contributed by atoms with E-state index in [9.17, 15) is 0 Å². The molecule has 0 N–H and O–H groups in total. The van der Waals surface area contributed by atoms with E-state index in [-0.39, 0.29) is 10.8 Å². The van der Waals surface area contributed by atoms with Crippen molar-refractivity contribution in [3.8, 4) is 34.1 Å². The number of aryl methyl sites for hydroxylation is 2. The summed E-state index contributed by atoms with van der Waals surface area (Å²) < 4.78 is 10.9. The van der Waals surface area contributed by atoms with Crippen LogP contribution < -0.4 is 4.74 Å². The summed E-state index contributed by atoms with van der Waals surface area (Å²) in [6, 6.07) is 36.5. The quantitative estimate of drug-likeness (QED) is 0.161. The van der Waals surface area contributed by atoms with Gasteiger partial charge in [0.25, 0.3) is 0 Å². The average Bonchev–Trinajstić information content (AvgIpc) is 3.58. The van der Waals surface area contributed by atoms with Crippen LogP contribution in [0, 0.1) is 24.7 Å². The lowest BCUT2D eigenvalue weighted by molar-refractivity contribution is 0.340. The molecule has 7 rings (SSSR count). The molecule has 0 fully saturated rings. The molecule has 0 aliphatic heterocycles. The highest BCUT2D eigenvalue weighted by Crippen LogP contribution is 2.40. The van der Waals surface area contributed by atoms with E-state index in [4.69, 9.17) is 14.8 Å². The molecule has 5 nitrogen and oxygen atoms in total. The fourth-order valence-corrected chi connectivity index (χ4v) is 7.09. The first-order chi connectivity index (χ1) is 24.3. The molecule has 7 aromatic rings. The highest BCUT2D eigenvalue weighted by molar-refractivity contribution is 6.09. The lowest BCUT2D eigenvalue weighted by Gasteiger charge is -2.27. The van der Waals surface area contributed by atoms with Crippen molar-refractivity contribution in [1.29, 1.82) is 0 Å². The molecule has 0 aliphatic carbocycles. The second-order valence-corrected chi connectivity index (χ2v) is 16.4. The number of nitrogens with zero attached hydrogens (tertiary/aromatic N) is 4. The maximum atomic E-state index is 6.63. The van der Waals surface area contributed by atoms with Crippen LogP contribution in [0.4, 0.5) is 0 Å². The van der Waals surface area contributed by atoms with Gasteiger partial charge in [0.2, 0.25) is 0 Å². The van der Waals surface area contributed by atoms with Crippen LogP contribution in [-0.2, 0) is 6.42 Å². The molecule has 1 atom stereocenters. The Bertz CT molecular complexity index is 2350. The molecule has 1 unspecified atom stereocenters. The van der Waals surface area contributed by atoms with Gasteiger partial charge in [-0.1, -0.05) is 90.9 Å². The van der Waals surface area contributed by atoms with Crippen molar-refractivity contribution in [1.82, 2.24) is 19.3 Å². The number of hydrogen-bond acceptors (Lipinski definition) is 3. The molecule has 0 bridgehead atoms. The number of ether oxygens (including phenoxy) is 1. The lowest BCUT2D eigenvalue weighted by Crippen LogP contribution is -2.15. The van der Waals surface area contributed by atoms with Crippen molar-refractivity contribution >= 4 is 21.8 Å². The van der Waals surface area contributed by atoms with Gasteiger partial charge >= 0.3 is 0 Å². The van der Waals surface area contributed by atoms with Crippen molar-refractivity contribution < 1.29 is 4.74 Å². The third kappa shape index (κ3) is 6.95. The molecule has 0 amide bonds. The number of pyridine rings is 1. The smallest absolute Gasteiger partial charge is 0.137 e. The van der Waals surface area contributed by atoms with Gasteiger partial charge < -0.3 is 4.74 Å². The Balaban J connectivity index is 1.30. The summed E-state index contributed by atoms with van der Waals surface area (Å²) in [6.45, 7) is 20.4. The summed E-state index contributed by atoms with van der Waals surface area (Å²) in [4.78, 5) is 4.93. The molecule has 260 valence electrons. The Morgan fingerprint density at radius 2 is 1.49 bits per heavy atom. The van der Waals surface area contributed by atoms with Crippen LogP contribution in [0.3, 0.4) is 0 Å². The van der Waals surface area contributed by atoms with Gasteiger partial charge in [-0.25, -0.2) is 9.67 Å². The van der Waals surface area contributed by atoms with Gasteiger partial charge in [0.05, 0.1) is 22.4 Å². The predicted octanol–water partition coefficient (Wildman–Crippen LogP) is 12.6. The first-order valence-electron chi connectivity index (χ1n) is 18.2. The van der Waals surface area contributed by atoms with E-state index in [1.165, 1.54) is 27.5 Å². The Kier molecular flexibility index (Phi) is 8.87. The molecular formula is C46H50N4O. The summed E-state index contributed by atoms with van der Waals surface area (Å²) in [5, 5.41) is 7.35. The first-order valence-corrected chi connectivity index (χ1v) is 18.2. The predicted molar refractivity (Wildman–Crippen MR) is 213 cm³/mol. The standard InChI is InChI=1S/C46H50N4O/c1-30(46(7,8)9)35-18-21-41-40(27-35)39-20-19-38(29-42(39)49(41)43-26-33(23-25-47-43)22-24-45(4,5)6)51-37-17-13-16-36(28-37)50-32(3)44(31(2)48-50)34-14-11-10-12-15-34/h10-21,23,25-30H,22,24H2,1-9H3. The van der Waals surface area contributed by atoms with Crippen LogP contribution in [0.5, 0.6) is 11.5 Å². The zero-order chi connectivity index (χ0) is 36.1. The van der Waals surface area contributed by atoms with Crippen molar-refractivity contribution in [3.63, 3.8) is 0 Å². The highest BCUT2D eigenvalue weighted by atomic mass is 16.5. The average molecular weight is 675 g/mol. The highest BCUT2D eigenvalue weighted by Gasteiger charge is 2.24. The number of rotatable bonds is 8. The van der Waals surface area contributed by atoms with Crippen LogP contribution in [0.2, 0.25) is 0 Å². The van der Waals surface area contributed by atoms with Gasteiger partial charge in [0, 0.05) is 40.4 Å². The fraction of sp³-hybridized carbons (Fsp3) is 0.304. The zero-order valence-corrected chi connectivity index (χ0v) is 31.6. The first kappa shape index (κ1) is 34.3. The van der Waals surface area contributed by atoms with E-state index in [1.54, 1.807) is 0 Å². The van der Waals surface area contributed by atoms with E-state index in [2.05, 4.69) is 152 Å². The van der Waals surface area contributed by atoms with E-state index in [0.29, 0.717) is 5.92 Å². The lowest BCUT2D eigenvalue weighted by atomic mass is 9.77. The Hall–Kier alpha value is -5.16. The van der Waals surface area contributed by atoms with Crippen molar-refractivity contribution in [2.24, 2.45) is 10.8 Å². The van der Waals surface area contributed by atoms with Gasteiger partial charge in [-0.15, -0.1) is 0 Å². The summed E-state index contributed by atoms with van der Waals surface area (Å²) >= 11 is 0. The topological polar surface area (TPSA) is 44.9 Å². The maximum Gasteiger partial charge on any atom is 0.137 e. The monoisotopic (exact) mass is 674 g/mol. The molecule has 0 saturated carbocycles. The summed E-state index contributed by atoms with van der Waals surface area (Å²) in [6.07, 6.45) is 4.07. The van der Waals surface area contributed by atoms with E-state index in [1.807, 2.05) is 29.1 Å². The molecule has 0 aliphatic rings. The largest absolute Gasteiger partial charge is 0.457 e. The Labute approximate surface area is 302 Å². The number of hydrogen-bond donors (Lipinski definition) is 0. The summed E-state index contributed by atoms with van der Waals surface area (Å²) in [5.41, 5.74) is 10.7. The van der Waals surface area contributed by atoms with E-state index >= 15 is 0 Å². The van der Waals surface area contributed by atoms with Gasteiger partial charge in [0.1, 0.15) is 17.3 Å². The molecule has 0 saturated heterocycles. The van der Waals surface area contributed by atoms with Gasteiger partial charge in [-0.2, -0.15) is 5.10 Å². The van der Waals surface area contributed by atoms with Gasteiger partial charge in [-0.05, 0) is 109 Å². The van der Waals surface area contributed by atoms with E-state index < -0.39 is 0 Å². The van der Waals surface area contributed by atoms with Gasteiger partial charge in [0.15, 0.2) is 0 Å². The third-order valence-corrected chi connectivity index (χ3v) is 10.4. The Morgan fingerprint density at radius 3 is 2.24 bits per heavy atom. The van der Waals surface area contributed by atoms with Crippen LogP contribution in [0.25, 0.3) is 44.4 Å². The number of aromatic nitrogens is 4. The molecular weight excluding hydrogens is 625 g/mol. The van der Waals surface area contributed by atoms with Crippen LogP contribution in [0.1, 0.15) is 83.3 Å². The van der Waals surface area contributed by atoms with E-state index in [0.717, 1.165) is 63.8 Å². The summed E-state index contributed by atoms with van der Waals surface area (Å²) in [7, 11) is 0. The van der Waals surface area contributed by atoms with Crippen molar-refractivity contribution in [2.75, 3.05) is 0 Å². The molecule has 5 heteroatoms. The van der Waals surface area contributed by atoms with Crippen LogP contribution >= 0.6 is 0 Å². The second kappa shape index (κ2) is 13.2. The normalized spacial score (nSPS) is 12.9. The Morgan fingerprint density at radius 1 is 0.725 bits per heavy atom. The fourth-order valence-electron chi connectivity index (χ4n) is 7.09. The molecule has 4 aromatic carbocycles. The minimum absolute atomic E-state index is 0.154. The minimum Gasteiger partial charge on any atom is -0.457 e. The van der Waals surface area contributed by atoms with Crippen LogP contribution in [0.15, 0.2) is 109 Å². The summed E-state index contributed by atoms with van der Waals surface area (Å²) in [5.74, 6) is 2.86. The zero-order valence-electron chi connectivity index (χ0n) is 31.6. The van der Waals surface area contributed by atoms with Crippen LogP contribution in [-0.4, -0.2) is 19.3 Å². The third-order valence-electron chi connectivity index (χ3n) is 10.4. The number of fused-ring (bicyclic) bond motifs is 3. The molecule has 3 aromatic heterocycles. The second-order valence-electron chi connectivity index (χ2n) is 16.4. The molecule has 51 heavy (non-hydrogen) atoms. The SMILES string of the molecule is Cc1nn(-c2cccc(Oc3ccc4c5cc(C(C)C(C)(C)C)ccc5n(-c5cc(CCC(C)(C)C)ccn5)c4c3)c2)c(C)c1-c1ccccc1. The number of benzene rings is 4. The minimum atomic E-state index is 0.154. The van der Waals surface area contributed by atoms with Crippen molar-refractivity contribution in [3.05, 3.63) is 132 Å². The molecule has 3 heterocycles. The maximum absolute atomic E-state index is 6.63.